The highest BCUT2D eigenvalue weighted by Gasteiger charge is 2.53. The number of aliphatic hydroxyl groups is 4. The molecule has 15 atom stereocenters. The Labute approximate surface area is 413 Å². The highest BCUT2D eigenvalue weighted by atomic mass is 16.8. The van der Waals surface area contributed by atoms with Gasteiger partial charge in [0.15, 0.2) is 18.9 Å². The lowest BCUT2D eigenvalue weighted by Gasteiger charge is -2.46. The molecule has 3 heterocycles. The molecule has 0 unspecified atom stereocenters. The first-order valence-corrected chi connectivity index (χ1v) is 24.3. The molecule has 3 aliphatic heterocycles. The first-order chi connectivity index (χ1) is 34.5. The summed E-state index contributed by atoms with van der Waals surface area (Å²) in [6.07, 6.45) is -5.83. The van der Waals surface area contributed by atoms with Crippen LogP contribution in [-0.4, -0.2) is 138 Å². The van der Waals surface area contributed by atoms with Crippen LogP contribution in [0.25, 0.3) is 0 Å². The van der Waals surface area contributed by atoms with Crippen molar-refractivity contribution in [3.8, 4) is 0 Å². The SMILES string of the molecule is CC[C@@H]1C=C[C@@H](NC(=O)OCc2ccccc2)[C@@H](O[C@H]2[C@H](O[C@@H]3O[C@H](CO)[C@@H](O[C@H]4O[C@@H](CNC(=O)OCc5ccccc5)C=C[C@H]4NC(=O)OCc4ccccc4)[C@H]3O)[C@@H](O)[C@H](CCCO)C[C@@H]2C)O1. The minimum absolute atomic E-state index is 0.0215. The van der Waals surface area contributed by atoms with Crippen molar-refractivity contribution in [1.29, 1.82) is 0 Å². The van der Waals surface area contributed by atoms with Crippen LogP contribution in [0.3, 0.4) is 0 Å². The van der Waals surface area contributed by atoms with Crippen LogP contribution >= 0.6 is 0 Å². The molecular weight excluding hydrogens is 923 g/mol. The second-order valence-corrected chi connectivity index (χ2v) is 18.0. The summed E-state index contributed by atoms with van der Waals surface area (Å²) < 4.78 is 54.7. The van der Waals surface area contributed by atoms with E-state index in [0.717, 1.165) is 16.7 Å². The predicted molar refractivity (Wildman–Crippen MR) is 254 cm³/mol. The van der Waals surface area contributed by atoms with Crippen LogP contribution in [0.4, 0.5) is 14.4 Å². The molecule has 19 nitrogen and oxygen atoms in total. The molecule has 3 amide bonds. The van der Waals surface area contributed by atoms with E-state index in [1.165, 1.54) is 0 Å². The fourth-order valence-electron chi connectivity index (χ4n) is 8.99. The maximum Gasteiger partial charge on any atom is 0.408 e. The molecule has 4 aliphatic rings. The van der Waals surface area contributed by atoms with Crippen molar-refractivity contribution in [3.05, 3.63) is 132 Å². The van der Waals surface area contributed by atoms with Gasteiger partial charge in [0.1, 0.15) is 56.3 Å². The lowest BCUT2D eigenvalue weighted by molar-refractivity contribution is -0.291. The van der Waals surface area contributed by atoms with Crippen LogP contribution in [0, 0.1) is 11.8 Å². The Morgan fingerprint density at radius 2 is 1.10 bits per heavy atom. The van der Waals surface area contributed by atoms with Gasteiger partial charge in [0, 0.05) is 6.61 Å². The van der Waals surface area contributed by atoms with Gasteiger partial charge in [-0.05, 0) is 54.2 Å². The zero-order valence-corrected chi connectivity index (χ0v) is 39.9. The van der Waals surface area contributed by atoms with Crippen LogP contribution in [0.15, 0.2) is 115 Å². The summed E-state index contributed by atoms with van der Waals surface area (Å²) >= 11 is 0. The average molecular weight is 990 g/mol. The Morgan fingerprint density at radius 1 is 0.606 bits per heavy atom. The second kappa shape index (κ2) is 26.8. The molecule has 19 heteroatoms. The van der Waals surface area contributed by atoms with Gasteiger partial charge in [-0.2, -0.15) is 0 Å². The van der Waals surface area contributed by atoms with E-state index >= 15 is 0 Å². The number of aliphatic hydroxyl groups excluding tert-OH is 4. The van der Waals surface area contributed by atoms with Crippen molar-refractivity contribution in [3.63, 3.8) is 0 Å². The third-order valence-electron chi connectivity index (χ3n) is 12.8. The number of nitrogens with one attached hydrogen (secondary N) is 3. The third kappa shape index (κ3) is 15.3. The van der Waals surface area contributed by atoms with E-state index in [4.69, 9.17) is 42.6 Å². The fourth-order valence-corrected chi connectivity index (χ4v) is 8.99. The molecule has 1 aliphatic carbocycles. The summed E-state index contributed by atoms with van der Waals surface area (Å²) in [5.41, 5.74) is 2.36. The average Bonchev–Trinajstić information content (AvgIpc) is 3.69. The standard InChI is InChI=1S/C52H67N3O16/c1-3-37-21-23-39(54-51(61)64-30-34-16-9-5-10-17-34)47(66-37)69-44-32(2)26-36(20-13-25-56)42(58)46(44)71-49-43(59)45(41(28-57)68-49)70-48-40(55-52(62)65-31-35-18-11-6-12-19-35)24-22-38(67-48)27-53-50(60)63-29-33-14-7-4-8-15-33/h4-12,14-19,21-24,32,36-49,56-59H,3,13,20,25-31H2,1-2H3,(H,53,60)(H,54,61)(H,55,62)/t32-,36+,37+,38+,39+,40+,41+,42-,43+,44+,45+,46+,47+,48+,49-/m0/s1. The van der Waals surface area contributed by atoms with Gasteiger partial charge in [-0.15, -0.1) is 0 Å². The smallest absolute Gasteiger partial charge is 0.408 e. The van der Waals surface area contributed by atoms with Gasteiger partial charge >= 0.3 is 18.3 Å². The van der Waals surface area contributed by atoms with Gasteiger partial charge in [-0.1, -0.05) is 129 Å². The summed E-state index contributed by atoms with van der Waals surface area (Å²) in [7, 11) is 0. The molecule has 0 aromatic heterocycles. The Hall–Kier alpha value is -5.45. The lowest BCUT2D eigenvalue weighted by atomic mass is 9.74. The minimum Gasteiger partial charge on any atom is -0.445 e. The van der Waals surface area contributed by atoms with Crippen LogP contribution in [0.1, 0.15) is 56.2 Å². The topological polar surface area (TPSA) is 251 Å². The number of amides is 3. The first kappa shape index (κ1) is 53.4. The van der Waals surface area contributed by atoms with E-state index in [0.29, 0.717) is 25.7 Å². The van der Waals surface area contributed by atoms with Crippen molar-refractivity contribution in [2.45, 2.75) is 139 Å². The molecule has 7 N–H and O–H groups in total. The molecule has 2 fully saturated rings. The zero-order chi connectivity index (χ0) is 50.1. The summed E-state index contributed by atoms with van der Waals surface area (Å²) in [6.45, 7) is 3.15. The van der Waals surface area contributed by atoms with E-state index in [2.05, 4.69) is 16.0 Å². The van der Waals surface area contributed by atoms with Gasteiger partial charge in [-0.25, -0.2) is 14.4 Å². The summed E-state index contributed by atoms with van der Waals surface area (Å²) in [6, 6.07) is 25.7. The zero-order valence-electron chi connectivity index (χ0n) is 39.9. The molecule has 71 heavy (non-hydrogen) atoms. The van der Waals surface area contributed by atoms with Crippen molar-refractivity contribution in [2.75, 3.05) is 19.8 Å². The van der Waals surface area contributed by atoms with Crippen LogP contribution < -0.4 is 16.0 Å². The molecule has 1 saturated heterocycles. The quantitative estimate of drug-likeness (QED) is 0.0573. The molecule has 3 aromatic carbocycles. The Balaban J connectivity index is 1.05. The maximum absolute atomic E-state index is 13.2. The third-order valence-corrected chi connectivity index (χ3v) is 12.8. The van der Waals surface area contributed by atoms with E-state index in [1.807, 2.05) is 98.8 Å². The van der Waals surface area contributed by atoms with Crippen LogP contribution in [0.2, 0.25) is 0 Å². The highest BCUT2D eigenvalue weighted by molar-refractivity contribution is 5.69. The fraction of sp³-hybridized carbons (Fsp3) is 0.519. The lowest BCUT2D eigenvalue weighted by Crippen LogP contribution is -2.58. The van der Waals surface area contributed by atoms with E-state index < -0.39 is 98.6 Å². The first-order valence-electron chi connectivity index (χ1n) is 24.3. The molecule has 3 aromatic rings. The Kier molecular flexibility index (Phi) is 20.2. The number of carbonyl (C=O) groups excluding carboxylic acids is 3. The van der Waals surface area contributed by atoms with Gasteiger partial charge in [0.05, 0.1) is 37.6 Å². The molecule has 0 spiro atoms. The number of hydrogen-bond acceptors (Lipinski definition) is 16. The number of carbonyl (C=O) groups is 3. The van der Waals surface area contributed by atoms with E-state index in [-0.39, 0.29) is 50.9 Å². The predicted octanol–water partition coefficient (Wildman–Crippen LogP) is 4.50. The largest absolute Gasteiger partial charge is 0.445 e. The number of alkyl carbamates (subject to hydrolysis) is 3. The molecular formula is C52H67N3O16. The summed E-state index contributed by atoms with van der Waals surface area (Å²) in [5, 5.41) is 52.6. The van der Waals surface area contributed by atoms with Gasteiger partial charge in [0.2, 0.25) is 0 Å². The van der Waals surface area contributed by atoms with Gasteiger partial charge in [-0.3, -0.25) is 0 Å². The highest BCUT2D eigenvalue weighted by Crippen LogP contribution is 2.40. The second-order valence-electron chi connectivity index (χ2n) is 18.0. The molecule has 0 bridgehead atoms. The van der Waals surface area contributed by atoms with Gasteiger partial charge in [0.25, 0.3) is 0 Å². The monoisotopic (exact) mass is 989 g/mol. The molecule has 0 radical (unpaired) electrons. The number of hydrogen-bond donors (Lipinski definition) is 7. The Morgan fingerprint density at radius 3 is 1.62 bits per heavy atom. The summed E-state index contributed by atoms with van der Waals surface area (Å²) in [4.78, 5) is 38.9. The van der Waals surface area contributed by atoms with E-state index in [1.54, 1.807) is 30.4 Å². The normalized spacial score (nSPS) is 31.3. The molecule has 1 saturated carbocycles. The Bertz CT molecular complexity index is 2160. The molecule has 386 valence electrons. The van der Waals surface area contributed by atoms with Crippen molar-refractivity contribution >= 4 is 18.3 Å². The van der Waals surface area contributed by atoms with Crippen molar-refractivity contribution in [1.82, 2.24) is 16.0 Å². The van der Waals surface area contributed by atoms with Crippen LogP contribution in [-0.2, 0) is 62.5 Å². The number of ether oxygens (including phenoxy) is 9. The van der Waals surface area contributed by atoms with Crippen molar-refractivity contribution < 1.29 is 77.4 Å². The maximum atomic E-state index is 13.2. The van der Waals surface area contributed by atoms with E-state index in [9.17, 15) is 34.8 Å². The van der Waals surface area contributed by atoms with Crippen LogP contribution in [0.5, 0.6) is 0 Å². The number of benzene rings is 3. The molecule has 7 rings (SSSR count). The van der Waals surface area contributed by atoms with Crippen molar-refractivity contribution in [2.24, 2.45) is 11.8 Å². The summed E-state index contributed by atoms with van der Waals surface area (Å²) in [5.74, 6) is -0.639. The van der Waals surface area contributed by atoms with Gasteiger partial charge < -0.3 is 79.0 Å². The minimum atomic E-state index is -1.61. The number of rotatable bonds is 21.